The van der Waals surface area contributed by atoms with Crippen LogP contribution in [0.25, 0.3) is 11.3 Å². The van der Waals surface area contributed by atoms with Gasteiger partial charge in [0, 0.05) is 37.0 Å². The first-order chi connectivity index (χ1) is 16.0. The zero-order valence-electron chi connectivity index (χ0n) is 20.3. The van der Waals surface area contributed by atoms with Crippen molar-refractivity contribution in [3.05, 3.63) is 36.0 Å². The van der Waals surface area contributed by atoms with Crippen LogP contribution in [0, 0.1) is 0 Å². The number of rotatable bonds is 8. The molecule has 2 fully saturated rings. The average molecular weight is 454 g/mol. The number of pyridine rings is 2. The van der Waals surface area contributed by atoms with Crippen molar-refractivity contribution in [2.24, 2.45) is 0 Å². The number of nitrogens with one attached hydrogen (secondary N) is 1. The normalized spacial score (nSPS) is 23.7. The molecule has 1 aliphatic heterocycles. The minimum Gasteiger partial charge on any atom is -0.384 e. The van der Waals surface area contributed by atoms with E-state index in [-0.39, 0.29) is 6.10 Å². The summed E-state index contributed by atoms with van der Waals surface area (Å²) in [6.07, 6.45) is 10.0. The molecule has 0 radical (unpaired) electrons. The van der Waals surface area contributed by atoms with Crippen LogP contribution in [-0.2, 0) is 9.57 Å². The Balaban J connectivity index is 1.53. The summed E-state index contributed by atoms with van der Waals surface area (Å²) in [5.74, 6) is 1.88. The van der Waals surface area contributed by atoms with Crippen LogP contribution in [0.15, 0.2) is 30.5 Å². The van der Waals surface area contributed by atoms with Crippen molar-refractivity contribution in [3.63, 3.8) is 0 Å². The Bertz CT molecular complexity index is 892. The van der Waals surface area contributed by atoms with Gasteiger partial charge < -0.3 is 20.6 Å². The molecular formula is C26H39N5O2. The highest BCUT2D eigenvalue weighted by Gasteiger charge is 2.30. The molecule has 2 aromatic rings. The summed E-state index contributed by atoms with van der Waals surface area (Å²) in [4.78, 5) is 14.9. The van der Waals surface area contributed by atoms with Crippen molar-refractivity contribution in [3.8, 4) is 11.3 Å². The van der Waals surface area contributed by atoms with E-state index in [1.807, 2.05) is 12.1 Å². The lowest BCUT2D eigenvalue weighted by Gasteiger charge is -2.37. The van der Waals surface area contributed by atoms with Gasteiger partial charge in [0.05, 0.1) is 18.9 Å². The summed E-state index contributed by atoms with van der Waals surface area (Å²) >= 11 is 0. The molecule has 4 rings (SSSR count). The average Bonchev–Trinajstić information content (AvgIpc) is 2.84. The zero-order valence-corrected chi connectivity index (χ0v) is 20.3. The molecule has 0 spiro atoms. The molecule has 180 valence electrons. The molecule has 0 unspecified atom stereocenters. The first-order valence-corrected chi connectivity index (χ1v) is 12.5. The Morgan fingerprint density at radius 1 is 1.15 bits per heavy atom. The molecule has 1 aliphatic carbocycles. The minimum absolute atomic E-state index is 0.264. The van der Waals surface area contributed by atoms with Crippen molar-refractivity contribution >= 4 is 11.6 Å². The maximum Gasteiger partial charge on any atom is 0.126 e. The predicted molar refractivity (Wildman–Crippen MR) is 133 cm³/mol. The Kier molecular flexibility index (Phi) is 8.17. The summed E-state index contributed by atoms with van der Waals surface area (Å²) < 4.78 is 5.88. The molecule has 7 heteroatoms. The van der Waals surface area contributed by atoms with Gasteiger partial charge in [0.15, 0.2) is 0 Å². The number of aromatic nitrogens is 2. The van der Waals surface area contributed by atoms with E-state index in [1.54, 1.807) is 13.3 Å². The molecule has 0 amide bonds. The first-order valence-electron chi connectivity index (χ1n) is 12.5. The molecule has 3 N–H and O–H groups in total. The fourth-order valence-corrected chi connectivity index (χ4v) is 5.33. The molecule has 3 heterocycles. The maximum absolute atomic E-state index is 6.02. The van der Waals surface area contributed by atoms with Crippen LogP contribution in [0.2, 0.25) is 0 Å². The predicted octanol–water partition coefficient (Wildman–Crippen LogP) is 5.00. The molecule has 2 aromatic heterocycles. The molecular weight excluding hydrogens is 414 g/mol. The number of anilines is 2. The third-order valence-corrected chi connectivity index (χ3v) is 6.98. The SMILES string of the molecule is CON(C(C)C)C1CCC(c2ccc(NC[C@H]3CCCCO3)nc2-c2ccnc(N)c2)CC1. The van der Waals surface area contributed by atoms with Gasteiger partial charge in [0.2, 0.25) is 0 Å². The third kappa shape index (κ3) is 6.02. The van der Waals surface area contributed by atoms with E-state index in [9.17, 15) is 0 Å². The van der Waals surface area contributed by atoms with Crippen LogP contribution in [0.3, 0.4) is 0 Å². The monoisotopic (exact) mass is 453 g/mol. The second-order valence-electron chi connectivity index (χ2n) is 9.61. The number of nitrogen functional groups attached to an aromatic ring is 1. The Labute approximate surface area is 198 Å². The number of nitrogens with two attached hydrogens (primary N) is 1. The fraction of sp³-hybridized carbons (Fsp3) is 0.615. The lowest BCUT2D eigenvalue weighted by atomic mass is 9.80. The Morgan fingerprint density at radius 2 is 1.97 bits per heavy atom. The van der Waals surface area contributed by atoms with Gasteiger partial charge >= 0.3 is 0 Å². The number of hydroxylamine groups is 2. The standard InChI is InChI=1S/C26H39N5O2/c1-18(2)31(32-3)21-9-7-19(8-10-21)23-11-12-25(29-17-22-6-4-5-15-33-22)30-26(23)20-13-14-28-24(27)16-20/h11-14,16,18-19,21-22H,4-10,15,17H2,1-3H3,(H2,27,28)(H,29,30)/t19?,21?,22-/m1/s1. The molecule has 2 aliphatic rings. The lowest BCUT2D eigenvalue weighted by molar-refractivity contribution is -0.189. The maximum atomic E-state index is 6.02. The van der Waals surface area contributed by atoms with Crippen molar-refractivity contribution < 1.29 is 9.57 Å². The van der Waals surface area contributed by atoms with E-state index < -0.39 is 0 Å². The highest BCUT2D eigenvalue weighted by molar-refractivity contribution is 5.68. The number of nitrogens with zero attached hydrogens (tertiary/aromatic N) is 3. The van der Waals surface area contributed by atoms with Gasteiger partial charge in [-0.3, -0.25) is 0 Å². The number of hydrogen-bond acceptors (Lipinski definition) is 7. The topological polar surface area (TPSA) is 85.5 Å². The number of ether oxygens (including phenoxy) is 1. The van der Waals surface area contributed by atoms with Crippen molar-refractivity contribution in [2.45, 2.75) is 82.9 Å². The lowest BCUT2D eigenvalue weighted by Crippen LogP contribution is -2.41. The molecule has 0 bridgehead atoms. The van der Waals surface area contributed by atoms with E-state index >= 15 is 0 Å². The zero-order chi connectivity index (χ0) is 23.2. The molecule has 1 saturated carbocycles. The van der Waals surface area contributed by atoms with Crippen molar-refractivity contribution in [2.75, 3.05) is 31.3 Å². The summed E-state index contributed by atoms with van der Waals surface area (Å²) in [5.41, 5.74) is 9.36. The fourth-order valence-electron chi connectivity index (χ4n) is 5.33. The summed E-state index contributed by atoms with van der Waals surface area (Å²) in [6.45, 7) is 6.03. The van der Waals surface area contributed by atoms with Gasteiger partial charge in [0.25, 0.3) is 0 Å². The Hall–Kier alpha value is -2.22. The molecule has 33 heavy (non-hydrogen) atoms. The van der Waals surface area contributed by atoms with Crippen LogP contribution in [0.4, 0.5) is 11.6 Å². The van der Waals surface area contributed by atoms with E-state index in [2.05, 4.69) is 41.3 Å². The van der Waals surface area contributed by atoms with E-state index in [0.717, 1.165) is 62.3 Å². The van der Waals surface area contributed by atoms with E-state index in [4.69, 9.17) is 20.3 Å². The van der Waals surface area contributed by atoms with E-state index in [1.165, 1.54) is 18.4 Å². The third-order valence-electron chi connectivity index (χ3n) is 6.98. The largest absolute Gasteiger partial charge is 0.384 e. The summed E-state index contributed by atoms with van der Waals surface area (Å²) in [7, 11) is 1.78. The number of hydrogen-bond donors (Lipinski definition) is 2. The van der Waals surface area contributed by atoms with Gasteiger partial charge in [-0.2, -0.15) is 5.06 Å². The summed E-state index contributed by atoms with van der Waals surface area (Å²) in [6, 6.07) is 9.16. The van der Waals surface area contributed by atoms with Crippen molar-refractivity contribution in [1.82, 2.24) is 15.0 Å². The van der Waals surface area contributed by atoms with Crippen molar-refractivity contribution in [1.29, 1.82) is 0 Å². The van der Waals surface area contributed by atoms with Gasteiger partial charge in [0.1, 0.15) is 11.6 Å². The highest BCUT2D eigenvalue weighted by atomic mass is 16.7. The van der Waals surface area contributed by atoms with Crippen LogP contribution in [0.1, 0.15) is 70.3 Å². The second kappa shape index (κ2) is 11.3. The first kappa shape index (κ1) is 23.9. The van der Waals surface area contributed by atoms with Crippen LogP contribution in [0.5, 0.6) is 0 Å². The van der Waals surface area contributed by atoms with Crippen LogP contribution < -0.4 is 11.1 Å². The van der Waals surface area contributed by atoms with Gasteiger partial charge in [-0.15, -0.1) is 0 Å². The molecule has 0 aromatic carbocycles. The molecule has 7 nitrogen and oxygen atoms in total. The molecule has 1 atom stereocenters. The second-order valence-corrected chi connectivity index (χ2v) is 9.61. The summed E-state index contributed by atoms with van der Waals surface area (Å²) in [5, 5.41) is 5.66. The highest BCUT2D eigenvalue weighted by Crippen LogP contribution is 2.39. The van der Waals surface area contributed by atoms with Gasteiger partial charge in [-0.05, 0) is 88.5 Å². The molecule has 1 saturated heterocycles. The van der Waals surface area contributed by atoms with E-state index in [0.29, 0.717) is 23.8 Å². The van der Waals surface area contributed by atoms with Crippen LogP contribution >= 0.6 is 0 Å². The van der Waals surface area contributed by atoms with Crippen LogP contribution in [-0.4, -0.2) is 53.5 Å². The van der Waals surface area contributed by atoms with Gasteiger partial charge in [-0.1, -0.05) is 6.07 Å². The Morgan fingerprint density at radius 3 is 2.64 bits per heavy atom. The smallest absolute Gasteiger partial charge is 0.126 e. The van der Waals surface area contributed by atoms with Gasteiger partial charge in [-0.25, -0.2) is 9.97 Å². The quantitative estimate of drug-likeness (QED) is 0.544. The minimum atomic E-state index is 0.264.